The first kappa shape index (κ1) is 10.8. The lowest BCUT2D eigenvalue weighted by molar-refractivity contribution is 0.587. The number of rotatable bonds is 2. The largest absolute Gasteiger partial charge is 0.260 e. The zero-order valence-electron chi connectivity index (χ0n) is 8.55. The van der Waals surface area contributed by atoms with Gasteiger partial charge in [0.2, 0.25) is 0 Å². The topological polar surface area (TPSA) is 67.4 Å². The molecule has 0 bridgehead atoms. The highest BCUT2D eigenvalue weighted by Crippen LogP contribution is 2.08. The number of pyridine rings is 1. The Morgan fingerprint density at radius 2 is 2.31 bits per heavy atom. The lowest BCUT2D eigenvalue weighted by Crippen LogP contribution is -2.05. The number of hydrogen-bond donors (Lipinski definition) is 0. The average Bonchev–Trinajstić information content (AvgIpc) is 2.67. The van der Waals surface area contributed by atoms with Crippen LogP contribution in [0.3, 0.4) is 0 Å². The Labute approximate surface area is 101 Å². The van der Waals surface area contributed by atoms with E-state index in [0.717, 1.165) is 11.3 Å². The van der Waals surface area contributed by atoms with Gasteiger partial charge in [0.15, 0.2) is 0 Å². The molecule has 2 heterocycles. The Bertz CT molecular complexity index is 555. The van der Waals surface area contributed by atoms with Crippen LogP contribution in [0.15, 0.2) is 23.1 Å². The van der Waals surface area contributed by atoms with Crippen LogP contribution in [0.1, 0.15) is 16.8 Å². The molecule has 0 amide bonds. The molecule has 0 aliphatic rings. The van der Waals surface area contributed by atoms with Crippen LogP contribution in [0, 0.1) is 18.3 Å². The predicted octanol–water partition coefficient (Wildman–Crippen LogP) is 1.66. The summed E-state index contributed by atoms with van der Waals surface area (Å²) < 4.78 is 0.688. The van der Waals surface area contributed by atoms with Gasteiger partial charge in [-0.25, -0.2) is 0 Å². The average molecular weight is 278 g/mol. The normalized spacial score (nSPS) is 10.1. The third-order valence-corrected chi connectivity index (χ3v) is 2.46. The van der Waals surface area contributed by atoms with Crippen LogP contribution in [-0.2, 0) is 6.54 Å². The third-order valence-electron chi connectivity index (χ3n) is 2.10. The molecule has 2 aromatic rings. The van der Waals surface area contributed by atoms with E-state index in [9.17, 15) is 0 Å². The van der Waals surface area contributed by atoms with Crippen molar-refractivity contribution in [1.82, 2.24) is 20.0 Å². The fraction of sp³-hybridized carbons (Fsp3) is 0.200. The summed E-state index contributed by atoms with van der Waals surface area (Å²) in [6.45, 7) is 2.32. The molecule has 0 aliphatic carbocycles. The Kier molecular flexibility index (Phi) is 2.97. The zero-order chi connectivity index (χ0) is 11.5. The number of nitrogens with zero attached hydrogens (tertiary/aromatic N) is 5. The van der Waals surface area contributed by atoms with Gasteiger partial charge in [-0.15, -0.1) is 5.10 Å². The molecule has 0 N–H and O–H groups in total. The summed E-state index contributed by atoms with van der Waals surface area (Å²) >= 11 is 3.22. The number of aromatic nitrogens is 4. The van der Waals surface area contributed by atoms with E-state index in [4.69, 9.17) is 5.26 Å². The van der Waals surface area contributed by atoms with Gasteiger partial charge in [0.05, 0.1) is 24.0 Å². The molecule has 16 heavy (non-hydrogen) atoms. The number of halogens is 1. The molecular weight excluding hydrogens is 270 g/mol. The summed E-state index contributed by atoms with van der Waals surface area (Å²) in [4.78, 5) is 5.69. The van der Waals surface area contributed by atoms with Crippen LogP contribution in [-0.4, -0.2) is 20.0 Å². The van der Waals surface area contributed by atoms with Crippen molar-refractivity contribution in [3.63, 3.8) is 0 Å². The van der Waals surface area contributed by atoms with Crippen molar-refractivity contribution < 1.29 is 0 Å². The van der Waals surface area contributed by atoms with Crippen molar-refractivity contribution in [2.24, 2.45) is 0 Å². The minimum absolute atomic E-state index is 0.508. The summed E-state index contributed by atoms with van der Waals surface area (Å²) in [7, 11) is 0. The van der Waals surface area contributed by atoms with Crippen molar-refractivity contribution in [2.45, 2.75) is 13.5 Å². The molecule has 0 aromatic carbocycles. The quantitative estimate of drug-likeness (QED) is 0.837. The third kappa shape index (κ3) is 2.25. The predicted molar refractivity (Wildman–Crippen MR) is 60.5 cm³/mol. The minimum atomic E-state index is 0.508. The second kappa shape index (κ2) is 4.41. The lowest BCUT2D eigenvalue weighted by Gasteiger charge is -2.02. The molecule has 0 fully saturated rings. The first-order chi connectivity index (χ1) is 7.69. The van der Waals surface area contributed by atoms with Crippen molar-refractivity contribution in [1.29, 1.82) is 5.26 Å². The van der Waals surface area contributed by atoms with Gasteiger partial charge < -0.3 is 0 Å². The molecule has 0 radical (unpaired) electrons. The smallest absolute Gasteiger partial charge is 0.148 e. The van der Waals surface area contributed by atoms with Crippen LogP contribution in [0.5, 0.6) is 0 Å². The Balaban J connectivity index is 2.26. The second-order valence-corrected chi connectivity index (χ2v) is 4.10. The molecule has 2 rings (SSSR count). The number of hydrogen-bond acceptors (Lipinski definition) is 4. The van der Waals surface area contributed by atoms with E-state index >= 15 is 0 Å². The van der Waals surface area contributed by atoms with E-state index in [1.54, 1.807) is 18.5 Å². The maximum Gasteiger partial charge on any atom is 0.148 e. The fourth-order valence-electron chi connectivity index (χ4n) is 1.29. The summed E-state index contributed by atoms with van der Waals surface area (Å²) in [5, 5.41) is 17.0. The standard InChI is InChI=1S/C10H8BrN5/c1-7-9(3-12)2-8(4-13-7)6-16-14-5-10(11)15-16/h2,4-5H,6H2,1H3. The van der Waals surface area contributed by atoms with Crippen molar-refractivity contribution in [3.8, 4) is 6.07 Å². The summed E-state index contributed by atoms with van der Waals surface area (Å²) in [6, 6.07) is 3.91. The molecule has 0 atom stereocenters. The lowest BCUT2D eigenvalue weighted by atomic mass is 10.1. The minimum Gasteiger partial charge on any atom is -0.260 e. The van der Waals surface area contributed by atoms with E-state index in [0.29, 0.717) is 16.7 Å². The maximum atomic E-state index is 8.88. The van der Waals surface area contributed by atoms with Gasteiger partial charge in [-0.2, -0.15) is 15.2 Å². The van der Waals surface area contributed by atoms with E-state index in [-0.39, 0.29) is 0 Å². The maximum absolute atomic E-state index is 8.88. The molecule has 0 aliphatic heterocycles. The molecule has 6 heteroatoms. The van der Waals surface area contributed by atoms with Crippen molar-refractivity contribution >= 4 is 15.9 Å². The first-order valence-electron chi connectivity index (χ1n) is 4.60. The summed E-state index contributed by atoms with van der Waals surface area (Å²) in [6.07, 6.45) is 3.35. The fourth-order valence-corrected chi connectivity index (χ4v) is 1.57. The van der Waals surface area contributed by atoms with E-state index < -0.39 is 0 Å². The Morgan fingerprint density at radius 1 is 1.50 bits per heavy atom. The van der Waals surface area contributed by atoms with Crippen molar-refractivity contribution in [3.05, 3.63) is 39.9 Å². The van der Waals surface area contributed by atoms with Crippen LogP contribution in [0.4, 0.5) is 0 Å². The number of nitriles is 1. The Hall–Kier alpha value is -1.74. The molecular formula is C10H8BrN5. The summed E-state index contributed by atoms with van der Waals surface area (Å²) in [5.41, 5.74) is 2.23. The van der Waals surface area contributed by atoms with Crippen LogP contribution >= 0.6 is 15.9 Å². The van der Waals surface area contributed by atoms with Gasteiger partial charge in [0.25, 0.3) is 0 Å². The molecule has 0 spiro atoms. The van der Waals surface area contributed by atoms with Crippen LogP contribution in [0.2, 0.25) is 0 Å². The monoisotopic (exact) mass is 277 g/mol. The molecule has 0 saturated carbocycles. The molecule has 5 nitrogen and oxygen atoms in total. The van der Waals surface area contributed by atoms with Gasteiger partial charge in [0, 0.05) is 6.20 Å². The van der Waals surface area contributed by atoms with Gasteiger partial charge in [-0.3, -0.25) is 4.98 Å². The van der Waals surface area contributed by atoms with E-state index in [2.05, 4.69) is 37.2 Å². The SMILES string of the molecule is Cc1ncc(Cn2ncc(Br)n2)cc1C#N. The van der Waals surface area contributed by atoms with Crippen LogP contribution < -0.4 is 0 Å². The van der Waals surface area contributed by atoms with Gasteiger partial charge in [0.1, 0.15) is 10.7 Å². The number of aryl methyl sites for hydroxylation is 1. The van der Waals surface area contributed by atoms with Crippen LogP contribution in [0.25, 0.3) is 0 Å². The summed E-state index contributed by atoms with van der Waals surface area (Å²) in [5.74, 6) is 0. The first-order valence-corrected chi connectivity index (χ1v) is 5.39. The molecule has 0 saturated heterocycles. The second-order valence-electron chi connectivity index (χ2n) is 3.29. The molecule has 2 aromatic heterocycles. The van der Waals surface area contributed by atoms with Gasteiger partial charge in [-0.1, -0.05) is 0 Å². The van der Waals surface area contributed by atoms with E-state index in [1.807, 2.05) is 6.92 Å². The van der Waals surface area contributed by atoms with Gasteiger partial charge in [-0.05, 0) is 34.5 Å². The highest BCUT2D eigenvalue weighted by atomic mass is 79.9. The van der Waals surface area contributed by atoms with Gasteiger partial charge >= 0.3 is 0 Å². The van der Waals surface area contributed by atoms with E-state index in [1.165, 1.54) is 4.80 Å². The highest BCUT2D eigenvalue weighted by molar-refractivity contribution is 9.10. The van der Waals surface area contributed by atoms with Crippen molar-refractivity contribution in [2.75, 3.05) is 0 Å². The highest BCUT2D eigenvalue weighted by Gasteiger charge is 2.03. The molecule has 0 unspecified atom stereocenters. The molecule has 80 valence electrons. The Morgan fingerprint density at radius 3 is 2.94 bits per heavy atom. The zero-order valence-corrected chi connectivity index (χ0v) is 10.1.